The number of aromatic nitrogens is 1. The molecular formula is C18H16ClN3O. The Hall–Kier alpha value is -2.77. The van der Waals surface area contributed by atoms with Crippen LogP contribution in [-0.4, -0.2) is 12.1 Å². The maximum absolute atomic E-state index is 9.37. The molecule has 0 atom stereocenters. The molecule has 0 saturated heterocycles. The van der Waals surface area contributed by atoms with Crippen LogP contribution in [0.25, 0.3) is 10.9 Å². The first kappa shape index (κ1) is 16.6. The third-order valence-corrected chi connectivity index (χ3v) is 3.52. The summed E-state index contributed by atoms with van der Waals surface area (Å²) in [7, 11) is 1.62. The van der Waals surface area contributed by atoms with Gasteiger partial charge in [-0.3, -0.25) is 4.98 Å². The Labute approximate surface area is 141 Å². The normalized spacial score (nSPS) is 9.78. The van der Waals surface area contributed by atoms with Crippen molar-refractivity contribution < 1.29 is 4.74 Å². The van der Waals surface area contributed by atoms with Crippen LogP contribution in [0.3, 0.4) is 0 Å². The van der Waals surface area contributed by atoms with Gasteiger partial charge >= 0.3 is 0 Å². The lowest BCUT2D eigenvalue weighted by atomic mass is 10.1. The number of halogens is 1. The zero-order valence-corrected chi connectivity index (χ0v) is 13.6. The Morgan fingerprint density at radius 2 is 1.87 bits per heavy atom. The van der Waals surface area contributed by atoms with Crippen LogP contribution in [-0.2, 0) is 0 Å². The molecule has 2 aromatic carbocycles. The molecule has 1 aromatic heterocycles. The SMILES string of the molecule is COc1ccc2ncc(C#N)c(Nc3ccc(C)cc3)c2c1.Cl. The third-order valence-electron chi connectivity index (χ3n) is 3.52. The summed E-state index contributed by atoms with van der Waals surface area (Å²) in [6.45, 7) is 2.04. The molecule has 23 heavy (non-hydrogen) atoms. The summed E-state index contributed by atoms with van der Waals surface area (Å²) in [5.41, 5.74) is 4.18. The van der Waals surface area contributed by atoms with Gasteiger partial charge in [-0.05, 0) is 37.3 Å². The van der Waals surface area contributed by atoms with E-state index >= 15 is 0 Å². The highest BCUT2D eigenvalue weighted by Gasteiger charge is 2.10. The molecule has 0 aliphatic carbocycles. The first-order chi connectivity index (χ1) is 10.7. The number of ether oxygens (including phenoxy) is 1. The van der Waals surface area contributed by atoms with Crippen LogP contribution in [0.15, 0.2) is 48.7 Å². The molecule has 4 nitrogen and oxygen atoms in total. The van der Waals surface area contributed by atoms with E-state index in [0.29, 0.717) is 5.56 Å². The molecule has 0 saturated carbocycles. The number of nitrogens with zero attached hydrogens (tertiary/aromatic N) is 2. The summed E-state index contributed by atoms with van der Waals surface area (Å²) in [5.74, 6) is 0.733. The second kappa shape index (κ2) is 6.99. The van der Waals surface area contributed by atoms with Gasteiger partial charge in [0.1, 0.15) is 11.8 Å². The van der Waals surface area contributed by atoms with Gasteiger partial charge in [0.15, 0.2) is 0 Å². The zero-order valence-electron chi connectivity index (χ0n) is 12.8. The Kier molecular flexibility index (Phi) is 5.05. The van der Waals surface area contributed by atoms with E-state index < -0.39 is 0 Å². The van der Waals surface area contributed by atoms with E-state index in [9.17, 15) is 5.26 Å². The molecule has 1 N–H and O–H groups in total. The number of fused-ring (bicyclic) bond motifs is 1. The second-order valence-corrected chi connectivity index (χ2v) is 5.03. The van der Waals surface area contributed by atoms with Gasteiger partial charge in [0.05, 0.1) is 23.9 Å². The maximum atomic E-state index is 9.37. The molecule has 0 fully saturated rings. The van der Waals surface area contributed by atoms with Crippen molar-refractivity contribution in [1.29, 1.82) is 5.26 Å². The summed E-state index contributed by atoms with van der Waals surface area (Å²) >= 11 is 0. The molecule has 0 aliphatic heterocycles. The summed E-state index contributed by atoms with van der Waals surface area (Å²) in [5, 5.41) is 13.6. The highest BCUT2D eigenvalue weighted by atomic mass is 35.5. The topological polar surface area (TPSA) is 57.9 Å². The number of nitriles is 1. The van der Waals surface area contributed by atoms with Crippen LogP contribution in [0.2, 0.25) is 0 Å². The molecule has 5 heteroatoms. The van der Waals surface area contributed by atoms with Gasteiger partial charge in [-0.15, -0.1) is 12.4 Å². The number of benzene rings is 2. The fourth-order valence-electron chi connectivity index (χ4n) is 2.30. The van der Waals surface area contributed by atoms with E-state index in [4.69, 9.17) is 4.74 Å². The van der Waals surface area contributed by atoms with Gasteiger partial charge < -0.3 is 10.1 Å². The van der Waals surface area contributed by atoms with Crippen molar-refractivity contribution in [2.75, 3.05) is 12.4 Å². The molecule has 1 heterocycles. The number of methoxy groups -OCH3 is 1. The molecule has 3 rings (SSSR count). The standard InChI is InChI=1S/C18H15N3O.ClH/c1-12-3-5-14(6-4-12)21-18-13(10-19)11-20-17-8-7-15(22-2)9-16(17)18;/h3-9,11H,1-2H3,(H,20,21);1H. The average Bonchev–Trinajstić information content (AvgIpc) is 2.56. The minimum absolute atomic E-state index is 0. The van der Waals surface area contributed by atoms with Crippen molar-refractivity contribution in [2.24, 2.45) is 0 Å². The van der Waals surface area contributed by atoms with E-state index in [-0.39, 0.29) is 12.4 Å². The van der Waals surface area contributed by atoms with Crippen molar-refractivity contribution in [3.8, 4) is 11.8 Å². The number of hydrogen-bond acceptors (Lipinski definition) is 4. The predicted octanol–water partition coefficient (Wildman–Crippen LogP) is 4.59. The van der Waals surface area contributed by atoms with Crippen LogP contribution in [0.5, 0.6) is 5.75 Å². The van der Waals surface area contributed by atoms with Gasteiger partial charge in [0.25, 0.3) is 0 Å². The largest absolute Gasteiger partial charge is 0.497 e. The first-order valence-corrected chi connectivity index (χ1v) is 6.92. The van der Waals surface area contributed by atoms with E-state index in [1.807, 2.05) is 49.4 Å². The monoisotopic (exact) mass is 325 g/mol. The highest BCUT2D eigenvalue weighted by Crippen LogP contribution is 2.31. The molecular weight excluding hydrogens is 310 g/mol. The Bertz CT molecular complexity index is 870. The predicted molar refractivity (Wildman–Crippen MR) is 94.7 cm³/mol. The zero-order chi connectivity index (χ0) is 15.5. The second-order valence-electron chi connectivity index (χ2n) is 5.03. The third kappa shape index (κ3) is 3.36. The lowest BCUT2D eigenvalue weighted by Crippen LogP contribution is -1.97. The Balaban J connectivity index is 0.00000192. The van der Waals surface area contributed by atoms with Crippen LogP contribution in [0.1, 0.15) is 11.1 Å². The molecule has 0 spiro atoms. The minimum atomic E-state index is 0. The fraction of sp³-hybridized carbons (Fsp3) is 0.111. The van der Waals surface area contributed by atoms with E-state index in [1.165, 1.54) is 5.56 Å². The summed E-state index contributed by atoms with van der Waals surface area (Å²) in [6.07, 6.45) is 1.59. The van der Waals surface area contributed by atoms with Crippen LogP contribution < -0.4 is 10.1 Å². The quantitative estimate of drug-likeness (QED) is 0.765. The molecule has 0 radical (unpaired) electrons. The lowest BCUT2D eigenvalue weighted by molar-refractivity contribution is 0.415. The summed E-state index contributed by atoms with van der Waals surface area (Å²) in [6, 6.07) is 15.9. The first-order valence-electron chi connectivity index (χ1n) is 6.92. The lowest BCUT2D eigenvalue weighted by Gasteiger charge is -2.12. The highest BCUT2D eigenvalue weighted by molar-refractivity contribution is 5.96. The van der Waals surface area contributed by atoms with Crippen molar-refractivity contribution in [3.63, 3.8) is 0 Å². The maximum Gasteiger partial charge on any atom is 0.119 e. The molecule has 0 amide bonds. The van der Waals surface area contributed by atoms with Gasteiger partial charge in [-0.25, -0.2) is 0 Å². The molecule has 3 aromatic rings. The van der Waals surface area contributed by atoms with E-state index in [2.05, 4.69) is 16.4 Å². The van der Waals surface area contributed by atoms with Crippen molar-refractivity contribution in [3.05, 3.63) is 59.8 Å². The number of anilines is 2. The minimum Gasteiger partial charge on any atom is -0.497 e. The summed E-state index contributed by atoms with van der Waals surface area (Å²) < 4.78 is 5.28. The van der Waals surface area contributed by atoms with Crippen molar-refractivity contribution in [1.82, 2.24) is 4.98 Å². The number of pyridine rings is 1. The van der Waals surface area contributed by atoms with Gasteiger partial charge in [-0.2, -0.15) is 5.26 Å². The molecule has 116 valence electrons. The number of aryl methyl sites for hydroxylation is 1. The fourth-order valence-corrected chi connectivity index (χ4v) is 2.30. The molecule has 0 unspecified atom stereocenters. The van der Waals surface area contributed by atoms with Crippen LogP contribution in [0, 0.1) is 18.3 Å². The van der Waals surface area contributed by atoms with Crippen molar-refractivity contribution in [2.45, 2.75) is 6.92 Å². The molecule has 0 bridgehead atoms. The van der Waals surface area contributed by atoms with E-state index in [0.717, 1.165) is 28.0 Å². The summed E-state index contributed by atoms with van der Waals surface area (Å²) in [4.78, 5) is 4.33. The Morgan fingerprint density at radius 3 is 2.52 bits per heavy atom. The molecule has 0 aliphatic rings. The average molecular weight is 326 g/mol. The number of rotatable bonds is 3. The van der Waals surface area contributed by atoms with Crippen molar-refractivity contribution >= 4 is 34.7 Å². The Morgan fingerprint density at radius 1 is 1.13 bits per heavy atom. The number of nitrogens with one attached hydrogen (secondary N) is 1. The van der Waals surface area contributed by atoms with Gasteiger partial charge in [0.2, 0.25) is 0 Å². The van der Waals surface area contributed by atoms with Crippen LogP contribution >= 0.6 is 12.4 Å². The van der Waals surface area contributed by atoms with Gasteiger partial charge in [-0.1, -0.05) is 17.7 Å². The number of hydrogen-bond donors (Lipinski definition) is 1. The van der Waals surface area contributed by atoms with Gasteiger partial charge in [0, 0.05) is 17.3 Å². The van der Waals surface area contributed by atoms with Crippen LogP contribution in [0.4, 0.5) is 11.4 Å². The smallest absolute Gasteiger partial charge is 0.119 e. The van der Waals surface area contributed by atoms with E-state index in [1.54, 1.807) is 13.3 Å².